The Balaban J connectivity index is 1.83. The lowest BCUT2D eigenvalue weighted by molar-refractivity contribution is -0.158. The van der Waals surface area contributed by atoms with Crippen LogP contribution in [0.3, 0.4) is 0 Å². The molecule has 3 rings (SSSR count). The molecule has 9 atom stereocenters. The maximum atomic E-state index is 13.1. The molecule has 2 aliphatic rings. The quantitative estimate of drug-likeness (QED) is 0.201. The fourth-order valence-corrected chi connectivity index (χ4v) is 6.06. The summed E-state index contributed by atoms with van der Waals surface area (Å²) in [6.45, 7) is 11.7. The monoisotopic (exact) mass is 625 g/mol. The summed E-state index contributed by atoms with van der Waals surface area (Å²) >= 11 is 0. The molecule has 0 amide bonds. The first kappa shape index (κ1) is 36.2. The number of carbonyl (C=O) groups excluding carboxylic acids is 2. The predicted octanol–water partition coefficient (Wildman–Crippen LogP) is 6.33. The topological polar surface area (TPSA) is 117 Å². The van der Waals surface area contributed by atoms with Crippen LogP contribution in [0.1, 0.15) is 71.9 Å². The van der Waals surface area contributed by atoms with Gasteiger partial charge in [0.2, 0.25) is 0 Å². The second-order valence-electron chi connectivity index (χ2n) is 12.5. The number of aliphatic hydroxyl groups is 1. The van der Waals surface area contributed by atoms with Crippen LogP contribution < -0.4 is 0 Å². The minimum atomic E-state index is -0.835. The molecule has 45 heavy (non-hydrogen) atoms. The first-order valence-corrected chi connectivity index (χ1v) is 15.9. The number of hydrogen-bond donors (Lipinski definition) is 1. The van der Waals surface area contributed by atoms with E-state index in [0.717, 1.165) is 16.8 Å². The molecule has 2 aliphatic heterocycles. The molecule has 0 radical (unpaired) electrons. The van der Waals surface area contributed by atoms with Crippen LogP contribution in [0.2, 0.25) is 0 Å². The van der Waals surface area contributed by atoms with Crippen molar-refractivity contribution in [3.8, 4) is 0 Å². The number of carbonyl (C=O) groups is 2. The number of cyclic esters (lactones) is 1. The number of ether oxygens (including phenoxy) is 4. The first-order chi connectivity index (χ1) is 21.4. The number of fused-ring (bicyclic) bond motifs is 2. The molecule has 0 spiro atoms. The van der Waals surface area contributed by atoms with Crippen LogP contribution >= 0.6 is 0 Å². The van der Waals surface area contributed by atoms with Gasteiger partial charge >= 0.3 is 11.9 Å². The molecular weight excluding hydrogens is 574 g/mol. The van der Waals surface area contributed by atoms with E-state index in [9.17, 15) is 14.7 Å². The standard InChI is InChI=1S/C36H51NO8/c1-22(17-29-21-43-27(6)37-29)11-9-12-24(3)36(42-8)26(5)33-20-30(38)25(4)31(41-7)16-15-23(2)32-18-28(19-35(40)44-32)13-10-14-34(39)45-33/h9-12,14-17,21,23,25-26,28,30-33,36,38H,13,18-20H2,1-8H3/b11-9+,14-10+,16-15+,22-17+,24-12+/t23-,25+,26+,28-,30+,31-,32-,33?,36+/m1/s1. The van der Waals surface area contributed by atoms with E-state index in [1.165, 1.54) is 6.08 Å². The Kier molecular flexibility index (Phi) is 14.0. The molecule has 1 fully saturated rings. The van der Waals surface area contributed by atoms with Crippen molar-refractivity contribution in [2.24, 2.45) is 23.7 Å². The van der Waals surface area contributed by atoms with Crippen LogP contribution in [0, 0.1) is 30.6 Å². The van der Waals surface area contributed by atoms with Crippen LogP contribution in [0.5, 0.6) is 0 Å². The number of aryl methyl sites for hydroxylation is 1. The van der Waals surface area contributed by atoms with Crippen molar-refractivity contribution < 1.29 is 38.1 Å². The van der Waals surface area contributed by atoms with Gasteiger partial charge in [-0.1, -0.05) is 57.2 Å². The number of allylic oxidation sites excluding steroid dienone is 5. The second-order valence-corrected chi connectivity index (χ2v) is 12.5. The molecule has 248 valence electrons. The van der Waals surface area contributed by atoms with E-state index < -0.39 is 18.2 Å². The second kappa shape index (κ2) is 17.4. The zero-order valence-electron chi connectivity index (χ0n) is 28.0. The van der Waals surface area contributed by atoms with E-state index in [2.05, 4.69) is 4.98 Å². The van der Waals surface area contributed by atoms with Crippen molar-refractivity contribution in [1.29, 1.82) is 0 Å². The number of oxazole rings is 1. The predicted molar refractivity (Wildman–Crippen MR) is 173 cm³/mol. The van der Waals surface area contributed by atoms with Crippen molar-refractivity contribution in [2.75, 3.05) is 14.2 Å². The lowest BCUT2D eigenvalue weighted by Crippen LogP contribution is -2.40. The summed E-state index contributed by atoms with van der Waals surface area (Å²) in [5, 5.41) is 11.4. The molecule has 0 saturated carbocycles. The molecular formula is C36H51NO8. The molecule has 1 aromatic rings. The number of nitrogens with zero attached hydrogens (tertiary/aromatic N) is 1. The van der Waals surface area contributed by atoms with Crippen molar-refractivity contribution in [3.05, 3.63) is 71.5 Å². The van der Waals surface area contributed by atoms with Crippen molar-refractivity contribution in [3.63, 3.8) is 0 Å². The average Bonchev–Trinajstić information content (AvgIpc) is 3.40. The molecule has 1 N–H and O–H groups in total. The number of hydrogen-bond acceptors (Lipinski definition) is 9. The van der Waals surface area contributed by atoms with Crippen molar-refractivity contribution >= 4 is 18.0 Å². The van der Waals surface area contributed by atoms with Crippen molar-refractivity contribution in [2.45, 2.75) is 97.7 Å². The highest BCUT2D eigenvalue weighted by atomic mass is 16.6. The van der Waals surface area contributed by atoms with Crippen LogP contribution in [0.4, 0.5) is 0 Å². The smallest absolute Gasteiger partial charge is 0.330 e. The number of methoxy groups -OCH3 is 2. The Bertz CT molecular complexity index is 1270. The van der Waals surface area contributed by atoms with Gasteiger partial charge in [-0.2, -0.15) is 0 Å². The summed E-state index contributed by atoms with van der Waals surface area (Å²) in [6, 6.07) is 0. The normalized spacial score (nSPS) is 32.1. The third-order valence-electron chi connectivity index (χ3n) is 8.85. The summed E-state index contributed by atoms with van der Waals surface area (Å²) < 4.78 is 28.6. The Morgan fingerprint density at radius 2 is 1.89 bits per heavy atom. The molecule has 9 heteroatoms. The van der Waals surface area contributed by atoms with Gasteiger partial charge in [-0.15, -0.1) is 0 Å². The van der Waals surface area contributed by atoms with Gasteiger partial charge in [0, 0.05) is 57.8 Å². The maximum Gasteiger partial charge on any atom is 0.330 e. The van der Waals surface area contributed by atoms with Crippen LogP contribution in [-0.4, -0.2) is 66.8 Å². The highest BCUT2D eigenvalue weighted by Gasteiger charge is 2.35. The van der Waals surface area contributed by atoms with Gasteiger partial charge in [-0.25, -0.2) is 9.78 Å². The first-order valence-electron chi connectivity index (χ1n) is 15.9. The van der Waals surface area contributed by atoms with Gasteiger partial charge in [-0.05, 0) is 49.8 Å². The largest absolute Gasteiger partial charge is 0.462 e. The zero-order chi connectivity index (χ0) is 33.1. The Hall–Kier alpha value is -3.27. The summed E-state index contributed by atoms with van der Waals surface area (Å²) in [6.07, 6.45) is 15.9. The summed E-state index contributed by atoms with van der Waals surface area (Å²) in [7, 11) is 3.24. The highest BCUT2D eigenvalue weighted by Crippen LogP contribution is 2.31. The molecule has 9 nitrogen and oxygen atoms in total. The Labute approximate surface area is 268 Å². The van der Waals surface area contributed by atoms with Crippen LogP contribution in [-0.2, 0) is 28.5 Å². The molecule has 0 aromatic carbocycles. The van der Waals surface area contributed by atoms with E-state index in [1.54, 1.807) is 33.5 Å². The molecule has 3 heterocycles. The fraction of sp³-hybridized carbons (Fsp3) is 0.583. The molecule has 1 aromatic heterocycles. The van der Waals surface area contributed by atoms with Gasteiger partial charge in [0.1, 0.15) is 24.2 Å². The van der Waals surface area contributed by atoms with Crippen molar-refractivity contribution in [1.82, 2.24) is 4.98 Å². The van der Waals surface area contributed by atoms with Gasteiger partial charge < -0.3 is 28.5 Å². The summed E-state index contributed by atoms with van der Waals surface area (Å²) in [5.41, 5.74) is 2.70. The van der Waals surface area contributed by atoms with Crippen LogP contribution in [0.25, 0.3) is 6.08 Å². The number of aliphatic hydroxyl groups excluding tert-OH is 1. The van der Waals surface area contributed by atoms with Gasteiger partial charge in [-0.3, -0.25) is 4.79 Å². The summed E-state index contributed by atoms with van der Waals surface area (Å²) in [5.74, 6) is -0.637. The van der Waals surface area contributed by atoms with E-state index in [1.807, 2.05) is 71.1 Å². The lowest BCUT2D eigenvalue weighted by atomic mass is 9.84. The molecule has 0 aliphatic carbocycles. The van der Waals surface area contributed by atoms with Gasteiger partial charge in [0.25, 0.3) is 0 Å². The molecule has 1 saturated heterocycles. The van der Waals surface area contributed by atoms with E-state index in [0.29, 0.717) is 25.2 Å². The number of aromatic nitrogens is 1. The van der Waals surface area contributed by atoms with E-state index in [4.69, 9.17) is 23.4 Å². The van der Waals surface area contributed by atoms with Gasteiger partial charge in [0.15, 0.2) is 5.89 Å². The van der Waals surface area contributed by atoms with Gasteiger partial charge in [0.05, 0.1) is 18.3 Å². The minimum Gasteiger partial charge on any atom is -0.462 e. The SMILES string of the molecule is CO[C@@H]1/C=C/[C@@H](C)[C@H]2C[C@@H](C/C=C/C(=O)OC([C@H](C)[C@@H](OC)/C(C)=C/C=C/C(C)=C/c3coc(C)n3)C[C@H](O)[C@@H]1C)CC(=O)O2. The highest BCUT2D eigenvalue weighted by molar-refractivity contribution is 5.82. The Morgan fingerprint density at radius 3 is 2.56 bits per heavy atom. The summed E-state index contributed by atoms with van der Waals surface area (Å²) in [4.78, 5) is 29.7. The molecule has 1 unspecified atom stereocenters. The Morgan fingerprint density at radius 1 is 1.13 bits per heavy atom. The number of rotatable bonds is 8. The van der Waals surface area contributed by atoms with E-state index >= 15 is 0 Å². The third-order valence-corrected chi connectivity index (χ3v) is 8.85. The third kappa shape index (κ3) is 10.9. The van der Waals surface area contributed by atoms with Crippen LogP contribution in [0.15, 0.2) is 64.4 Å². The maximum absolute atomic E-state index is 13.1. The zero-order valence-corrected chi connectivity index (χ0v) is 28.0. The average molecular weight is 626 g/mol. The lowest BCUT2D eigenvalue weighted by Gasteiger charge is -2.34. The number of esters is 2. The minimum absolute atomic E-state index is 0.0227. The van der Waals surface area contributed by atoms with E-state index in [-0.39, 0.29) is 54.4 Å². The molecule has 2 bridgehead atoms. The fourth-order valence-electron chi connectivity index (χ4n) is 6.06.